The van der Waals surface area contributed by atoms with Gasteiger partial charge in [-0.3, -0.25) is 0 Å². The van der Waals surface area contributed by atoms with E-state index in [1.807, 2.05) is 0 Å². The number of allylic oxidation sites excluding steroid dienone is 2. The van der Waals surface area contributed by atoms with E-state index in [1.165, 1.54) is 24.0 Å². The summed E-state index contributed by atoms with van der Waals surface area (Å²) in [4.78, 5) is 0. The average Bonchev–Trinajstić information content (AvgIpc) is 2.15. The van der Waals surface area contributed by atoms with Gasteiger partial charge in [-0.25, -0.2) is 0 Å². The summed E-state index contributed by atoms with van der Waals surface area (Å²) in [6.45, 7) is 25.5. The third-order valence-electron chi connectivity index (χ3n) is 3.47. The van der Waals surface area contributed by atoms with Gasteiger partial charge in [0.2, 0.25) is 0 Å². The summed E-state index contributed by atoms with van der Waals surface area (Å²) in [5, 5.41) is 0. The van der Waals surface area contributed by atoms with Gasteiger partial charge >= 0.3 is 0 Å². The van der Waals surface area contributed by atoms with E-state index in [0.717, 1.165) is 12.8 Å². The zero-order valence-electron chi connectivity index (χ0n) is 14.2. The summed E-state index contributed by atoms with van der Waals surface area (Å²) in [6.07, 6.45) is 4.78. The Morgan fingerprint density at radius 2 is 0.944 bits per heavy atom. The molecule has 0 aromatic carbocycles. The van der Waals surface area contributed by atoms with Crippen molar-refractivity contribution in [2.75, 3.05) is 0 Å². The van der Waals surface area contributed by atoms with Gasteiger partial charge in [-0.05, 0) is 37.5 Å². The van der Waals surface area contributed by atoms with Crippen LogP contribution < -0.4 is 0 Å². The molecule has 0 aromatic heterocycles. The van der Waals surface area contributed by atoms with Crippen LogP contribution in [-0.4, -0.2) is 0 Å². The second-order valence-corrected chi connectivity index (χ2v) is 7.30. The monoisotopic (exact) mass is 252 g/mol. The lowest BCUT2D eigenvalue weighted by atomic mass is 9.84. The lowest BCUT2D eigenvalue weighted by Crippen LogP contribution is -2.08. The van der Waals surface area contributed by atoms with Crippen LogP contribution in [0.25, 0.3) is 0 Å². The molecule has 0 amide bonds. The van der Waals surface area contributed by atoms with Crippen molar-refractivity contribution in [1.82, 2.24) is 0 Å². The fraction of sp³-hybridized carbons (Fsp3) is 0.778. The third kappa shape index (κ3) is 13.5. The van der Waals surface area contributed by atoms with Crippen LogP contribution in [0.15, 0.2) is 24.3 Å². The molecule has 0 unspecified atom stereocenters. The molecule has 0 heterocycles. The molecule has 0 spiro atoms. The number of rotatable bonds is 6. The molecular weight excluding hydrogens is 216 g/mol. The molecule has 18 heavy (non-hydrogen) atoms. The van der Waals surface area contributed by atoms with Crippen molar-refractivity contribution in [3.8, 4) is 0 Å². The third-order valence-corrected chi connectivity index (χ3v) is 3.47. The second-order valence-electron chi connectivity index (χ2n) is 7.30. The Hall–Kier alpha value is -0.520. The van der Waals surface area contributed by atoms with Crippen molar-refractivity contribution >= 4 is 0 Å². The van der Waals surface area contributed by atoms with Crippen LogP contribution in [0.5, 0.6) is 0 Å². The SMILES string of the molecule is C=C(C)CC(C)(C)CC.C=C(C)CC(C)(C)CC. The summed E-state index contributed by atoms with van der Waals surface area (Å²) in [7, 11) is 0. The Balaban J connectivity index is 0. The highest BCUT2D eigenvalue weighted by molar-refractivity contribution is 4.93. The van der Waals surface area contributed by atoms with Crippen molar-refractivity contribution in [3.05, 3.63) is 24.3 Å². The summed E-state index contributed by atoms with van der Waals surface area (Å²) in [5.41, 5.74) is 3.52. The Kier molecular flexibility index (Phi) is 9.42. The second kappa shape index (κ2) is 8.56. The van der Waals surface area contributed by atoms with E-state index in [-0.39, 0.29) is 0 Å². The summed E-state index contributed by atoms with van der Waals surface area (Å²) in [6, 6.07) is 0. The minimum Gasteiger partial charge on any atom is -0.100 e. The molecule has 0 aliphatic rings. The molecule has 0 aliphatic heterocycles. The first-order chi connectivity index (χ1) is 7.95. The summed E-state index contributed by atoms with van der Waals surface area (Å²) >= 11 is 0. The quantitative estimate of drug-likeness (QED) is 0.457. The molecule has 0 aromatic rings. The lowest BCUT2D eigenvalue weighted by molar-refractivity contribution is 0.348. The van der Waals surface area contributed by atoms with Gasteiger partial charge in [0.05, 0.1) is 0 Å². The Morgan fingerprint density at radius 1 is 0.722 bits per heavy atom. The molecular formula is C18H36. The Morgan fingerprint density at radius 3 is 1.00 bits per heavy atom. The van der Waals surface area contributed by atoms with Crippen LogP contribution in [0.2, 0.25) is 0 Å². The van der Waals surface area contributed by atoms with E-state index in [2.05, 4.69) is 68.5 Å². The highest BCUT2D eigenvalue weighted by atomic mass is 14.2. The van der Waals surface area contributed by atoms with Gasteiger partial charge < -0.3 is 0 Å². The van der Waals surface area contributed by atoms with E-state index in [1.54, 1.807) is 0 Å². The first kappa shape index (κ1) is 19.8. The van der Waals surface area contributed by atoms with E-state index < -0.39 is 0 Å². The van der Waals surface area contributed by atoms with Crippen molar-refractivity contribution in [2.24, 2.45) is 10.8 Å². The molecule has 108 valence electrons. The molecule has 0 atom stereocenters. The van der Waals surface area contributed by atoms with Crippen LogP contribution in [0.3, 0.4) is 0 Å². The van der Waals surface area contributed by atoms with Crippen molar-refractivity contribution in [1.29, 1.82) is 0 Å². The molecule has 0 radical (unpaired) electrons. The maximum Gasteiger partial charge on any atom is -0.0274 e. The molecule has 0 aliphatic carbocycles. The highest BCUT2D eigenvalue weighted by Gasteiger charge is 2.14. The van der Waals surface area contributed by atoms with Gasteiger partial charge in [0.25, 0.3) is 0 Å². The highest BCUT2D eigenvalue weighted by Crippen LogP contribution is 2.27. The van der Waals surface area contributed by atoms with Gasteiger partial charge in [0.1, 0.15) is 0 Å². The van der Waals surface area contributed by atoms with Crippen molar-refractivity contribution in [2.45, 2.75) is 81.1 Å². The molecule has 0 N–H and O–H groups in total. The van der Waals surface area contributed by atoms with Crippen LogP contribution in [0.4, 0.5) is 0 Å². The van der Waals surface area contributed by atoms with Gasteiger partial charge in [0, 0.05) is 0 Å². The van der Waals surface area contributed by atoms with E-state index in [0.29, 0.717) is 10.8 Å². The zero-order valence-corrected chi connectivity index (χ0v) is 14.2. The maximum absolute atomic E-state index is 3.89. The number of hydrogen-bond donors (Lipinski definition) is 0. The smallest absolute Gasteiger partial charge is 0.0274 e. The first-order valence-corrected chi connectivity index (χ1v) is 7.24. The molecule has 0 rings (SSSR count). The predicted molar refractivity (Wildman–Crippen MR) is 87.0 cm³/mol. The molecule has 0 saturated heterocycles. The predicted octanol–water partition coefficient (Wildman–Crippen LogP) is 6.78. The van der Waals surface area contributed by atoms with Gasteiger partial charge in [-0.2, -0.15) is 0 Å². The lowest BCUT2D eigenvalue weighted by Gasteiger charge is -2.22. The van der Waals surface area contributed by atoms with Crippen LogP contribution >= 0.6 is 0 Å². The largest absolute Gasteiger partial charge is 0.100 e. The fourth-order valence-corrected chi connectivity index (χ4v) is 1.88. The molecule has 0 saturated carbocycles. The van der Waals surface area contributed by atoms with E-state index in [9.17, 15) is 0 Å². The molecule has 0 bridgehead atoms. The average molecular weight is 252 g/mol. The Bertz CT molecular complexity index is 225. The van der Waals surface area contributed by atoms with Crippen LogP contribution in [-0.2, 0) is 0 Å². The van der Waals surface area contributed by atoms with Crippen LogP contribution in [0.1, 0.15) is 81.1 Å². The van der Waals surface area contributed by atoms with Crippen molar-refractivity contribution in [3.63, 3.8) is 0 Å². The topological polar surface area (TPSA) is 0 Å². The summed E-state index contributed by atoms with van der Waals surface area (Å²) < 4.78 is 0. The molecule has 0 heteroatoms. The minimum absolute atomic E-state index is 0.464. The van der Waals surface area contributed by atoms with Crippen molar-refractivity contribution < 1.29 is 0 Å². The number of hydrogen-bond acceptors (Lipinski definition) is 0. The normalized spacial score (nSPS) is 11.6. The van der Waals surface area contributed by atoms with Crippen LogP contribution in [0, 0.1) is 10.8 Å². The van der Waals surface area contributed by atoms with E-state index in [4.69, 9.17) is 0 Å². The van der Waals surface area contributed by atoms with Gasteiger partial charge in [0.15, 0.2) is 0 Å². The molecule has 0 nitrogen and oxygen atoms in total. The minimum atomic E-state index is 0.464. The van der Waals surface area contributed by atoms with Gasteiger partial charge in [-0.15, -0.1) is 13.2 Å². The summed E-state index contributed by atoms with van der Waals surface area (Å²) in [5.74, 6) is 0. The fourth-order valence-electron chi connectivity index (χ4n) is 1.88. The zero-order chi connectivity index (χ0) is 15.0. The molecule has 0 fully saturated rings. The van der Waals surface area contributed by atoms with E-state index >= 15 is 0 Å². The standard InChI is InChI=1S/2C9H18/c2*1-6-9(4,5)7-8(2)3/h2*2,6-7H2,1,3-5H3. The first-order valence-electron chi connectivity index (χ1n) is 7.24. The Labute approximate surface area is 117 Å². The maximum atomic E-state index is 3.89. The van der Waals surface area contributed by atoms with Gasteiger partial charge in [-0.1, -0.05) is 65.5 Å².